The van der Waals surface area contributed by atoms with Gasteiger partial charge in [0.25, 0.3) is 0 Å². The number of pyridine rings is 1. The number of benzene rings is 1. The molecule has 2 aliphatic rings. The number of fused-ring (bicyclic) bond motifs is 1. The lowest BCUT2D eigenvalue weighted by molar-refractivity contribution is -0.126. The van der Waals surface area contributed by atoms with Gasteiger partial charge in [0.2, 0.25) is 11.8 Å². The summed E-state index contributed by atoms with van der Waals surface area (Å²) < 4.78 is 2.04. The maximum Gasteiger partial charge on any atom is 0.227 e. The van der Waals surface area contributed by atoms with E-state index in [1.54, 1.807) is 11.1 Å². The number of anilines is 1. The fourth-order valence-corrected chi connectivity index (χ4v) is 4.85. The predicted molar refractivity (Wildman–Crippen MR) is 127 cm³/mol. The number of hydrogen-bond acceptors (Lipinski definition) is 4. The van der Waals surface area contributed by atoms with Crippen LogP contribution in [0.4, 0.5) is 5.69 Å². The van der Waals surface area contributed by atoms with Gasteiger partial charge < -0.3 is 10.2 Å². The van der Waals surface area contributed by atoms with Gasteiger partial charge >= 0.3 is 0 Å². The average molecular weight is 444 g/mol. The highest BCUT2D eigenvalue weighted by Gasteiger charge is 2.35. The summed E-state index contributed by atoms with van der Waals surface area (Å²) in [6.07, 6.45) is 6.40. The molecule has 33 heavy (non-hydrogen) atoms. The highest BCUT2D eigenvalue weighted by Crippen LogP contribution is 2.30. The molecule has 0 bridgehead atoms. The molecule has 7 heteroatoms. The Balaban J connectivity index is 1.22. The molecule has 3 heterocycles. The van der Waals surface area contributed by atoms with Gasteiger partial charge in [-0.3, -0.25) is 19.3 Å². The van der Waals surface area contributed by atoms with Crippen LogP contribution in [0.25, 0.3) is 11.4 Å². The summed E-state index contributed by atoms with van der Waals surface area (Å²) in [5, 5.41) is 7.90. The van der Waals surface area contributed by atoms with Gasteiger partial charge in [0.1, 0.15) is 5.69 Å². The molecule has 7 nitrogen and oxygen atoms in total. The van der Waals surface area contributed by atoms with E-state index in [2.05, 4.69) is 10.3 Å². The summed E-state index contributed by atoms with van der Waals surface area (Å²) in [7, 11) is 0. The number of carbonyl (C=O) groups excluding carboxylic acids is 2. The maximum absolute atomic E-state index is 12.8. The Bertz CT molecular complexity index is 1150. The molecular formula is C26H29N5O2. The number of carbonyl (C=O) groups is 2. The summed E-state index contributed by atoms with van der Waals surface area (Å²) in [6.45, 7) is 3.55. The number of aromatic nitrogens is 3. The van der Waals surface area contributed by atoms with E-state index in [4.69, 9.17) is 5.10 Å². The molecule has 1 N–H and O–H groups in total. The lowest BCUT2D eigenvalue weighted by atomic mass is 9.95. The van der Waals surface area contributed by atoms with E-state index in [0.717, 1.165) is 41.9 Å². The molecule has 1 aliphatic carbocycles. The quantitative estimate of drug-likeness (QED) is 0.634. The Morgan fingerprint density at radius 3 is 2.73 bits per heavy atom. The van der Waals surface area contributed by atoms with Crippen molar-refractivity contribution < 1.29 is 9.59 Å². The zero-order chi connectivity index (χ0) is 22.8. The van der Waals surface area contributed by atoms with Gasteiger partial charge in [0.05, 0.1) is 18.2 Å². The van der Waals surface area contributed by atoms with E-state index in [-0.39, 0.29) is 24.2 Å². The number of rotatable bonds is 6. The molecule has 3 aromatic rings. The first-order valence-corrected chi connectivity index (χ1v) is 11.7. The normalized spacial score (nSPS) is 17.8. The Morgan fingerprint density at radius 2 is 1.94 bits per heavy atom. The minimum Gasteiger partial charge on any atom is -0.354 e. The van der Waals surface area contributed by atoms with E-state index in [1.165, 1.54) is 17.7 Å². The summed E-state index contributed by atoms with van der Waals surface area (Å²) >= 11 is 0. The van der Waals surface area contributed by atoms with Crippen molar-refractivity contribution >= 4 is 17.5 Å². The third kappa shape index (κ3) is 4.40. The first-order chi connectivity index (χ1) is 16.1. The molecule has 1 fully saturated rings. The predicted octanol–water partition coefficient (Wildman–Crippen LogP) is 3.30. The Kier molecular flexibility index (Phi) is 5.94. The standard InChI is InChI=1S/C26H29N5O2/c1-18-9-11-20(12-10-18)30-17-19(16-24(30)32)26(33)28-14-15-31-23-8-3-2-6-21(23)25(29-31)22-7-4-5-13-27-22/h4-5,7,9-13,19H,2-3,6,8,14-17H2,1H3,(H,28,33). The van der Waals surface area contributed by atoms with Crippen LogP contribution in [-0.4, -0.2) is 39.7 Å². The van der Waals surface area contributed by atoms with Crippen LogP contribution in [0, 0.1) is 12.8 Å². The van der Waals surface area contributed by atoms with Crippen molar-refractivity contribution in [3.8, 4) is 11.4 Å². The zero-order valence-electron chi connectivity index (χ0n) is 19.0. The van der Waals surface area contributed by atoms with Crippen molar-refractivity contribution in [2.24, 2.45) is 5.92 Å². The molecule has 0 radical (unpaired) electrons. The Labute approximate surface area is 193 Å². The smallest absolute Gasteiger partial charge is 0.227 e. The SMILES string of the molecule is Cc1ccc(N2CC(C(=O)NCCn3nc(-c4ccccn4)c4c3CCCC4)CC2=O)cc1. The molecule has 1 saturated heterocycles. The van der Waals surface area contributed by atoms with E-state index in [0.29, 0.717) is 19.6 Å². The van der Waals surface area contributed by atoms with Gasteiger partial charge in [-0.15, -0.1) is 0 Å². The van der Waals surface area contributed by atoms with Crippen LogP contribution in [-0.2, 0) is 29.0 Å². The third-order valence-electron chi connectivity index (χ3n) is 6.63. The fourth-order valence-electron chi connectivity index (χ4n) is 4.85. The second-order valence-corrected chi connectivity index (χ2v) is 8.95. The van der Waals surface area contributed by atoms with Crippen LogP contribution >= 0.6 is 0 Å². The van der Waals surface area contributed by atoms with Crippen molar-refractivity contribution in [3.63, 3.8) is 0 Å². The van der Waals surface area contributed by atoms with Crippen LogP contribution in [0.2, 0.25) is 0 Å². The molecular weight excluding hydrogens is 414 g/mol. The van der Waals surface area contributed by atoms with Gasteiger partial charge in [-0.05, 0) is 56.9 Å². The van der Waals surface area contributed by atoms with E-state index in [1.807, 2.05) is 54.1 Å². The summed E-state index contributed by atoms with van der Waals surface area (Å²) in [5.41, 5.74) is 6.42. The molecule has 0 spiro atoms. The minimum atomic E-state index is -0.325. The molecule has 2 aromatic heterocycles. The van der Waals surface area contributed by atoms with Crippen LogP contribution in [0.3, 0.4) is 0 Å². The van der Waals surface area contributed by atoms with Crippen molar-refractivity contribution in [2.45, 2.75) is 45.6 Å². The Morgan fingerprint density at radius 1 is 1.12 bits per heavy atom. The first-order valence-electron chi connectivity index (χ1n) is 11.7. The largest absolute Gasteiger partial charge is 0.354 e. The van der Waals surface area contributed by atoms with Crippen molar-refractivity contribution in [2.75, 3.05) is 18.0 Å². The number of amides is 2. The van der Waals surface area contributed by atoms with Gasteiger partial charge in [-0.1, -0.05) is 23.8 Å². The monoisotopic (exact) mass is 443 g/mol. The minimum absolute atomic E-state index is 0.000141. The first kappa shape index (κ1) is 21.4. The van der Waals surface area contributed by atoms with Gasteiger partial charge in [0, 0.05) is 42.7 Å². The second-order valence-electron chi connectivity index (χ2n) is 8.95. The van der Waals surface area contributed by atoms with E-state index in [9.17, 15) is 9.59 Å². The zero-order valence-corrected chi connectivity index (χ0v) is 19.0. The molecule has 1 aliphatic heterocycles. The average Bonchev–Trinajstić information content (AvgIpc) is 3.41. The summed E-state index contributed by atoms with van der Waals surface area (Å²) in [5.74, 6) is -0.390. The lowest BCUT2D eigenvalue weighted by Gasteiger charge is -2.17. The topological polar surface area (TPSA) is 80.1 Å². The lowest BCUT2D eigenvalue weighted by Crippen LogP contribution is -2.35. The number of nitrogens with zero attached hydrogens (tertiary/aromatic N) is 4. The van der Waals surface area contributed by atoms with Crippen LogP contribution in [0.1, 0.15) is 36.1 Å². The molecule has 2 amide bonds. The third-order valence-corrected chi connectivity index (χ3v) is 6.63. The van der Waals surface area contributed by atoms with Gasteiger partial charge in [-0.2, -0.15) is 5.10 Å². The summed E-state index contributed by atoms with van der Waals surface area (Å²) in [6, 6.07) is 13.7. The maximum atomic E-state index is 12.8. The van der Waals surface area contributed by atoms with E-state index < -0.39 is 0 Å². The summed E-state index contributed by atoms with van der Waals surface area (Å²) in [4.78, 5) is 31.5. The van der Waals surface area contributed by atoms with Crippen LogP contribution in [0.15, 0.2) is 48.7 Å². The second kappa shape index (κ2) is 9.17. The number of aryl methyl sites for hydroxylation is 1. The van der Waals surface area contributed by atoms with Crippen molar-refractivity contribution in [3.05, 3.63) is 65.5 Å². The van der Waals surface area contributed by atoms with Crippen LogP contribution < -0.4 is 10.2 Å². The molecule has 5 rings (SSSR count). The number of hydrogen-bond donors (Lipinski definition) is 1. The number of nitrogens with one attached hydrogen (secondary N) is 1. The van der Waals surface area contributed by atoms with Gasteiger partial charge in [0.15, 0.2) is 0 Å². The highest BCUT2D eigenvalue weighted by molar-refractivity contribution is 6.00. The fraction of sp³-hybridized carbons (Fsp3) is 0.385. The van der Waals surface area contributed by atoms with E-state index >= 15 is 0 Å². The highest BCUT2D eigenvalue weighted by atomic mass is 16.2. The van der Waals surface area contributed by atoms with Crippen molar-refractivity contribution in [1.82, 2.24) is 20.1 Å². The molecule has 1 atom stereocenters. The van der Waals surface area contributed by atoms with Crippen LogP contribution in [0.5, 0.6) is 0 Å². The van der Waals surface area contributed by atoms with Crippen molar-refractivity contribution in [1.29, 1.82) is 0 Å². The Hall–Kier alpha value is -3.48. The molecule has 0 saturated carbocycles. The molecule has 1 aromatic carbocycles. The molecule has 170 valence electrons. The van der Waals surface area contributed by atoms with Gasteiger partial charge in [-0.25, -0.2) is 0 Å². The molecule has 1 unspecified atom stereocenters.